The number of alkyl halides is 1. The number of benzene rings is 2. The van der Waals surface area contributed by atoms with Gasteiger partial charge < -0.3 is 9.47 Å². The molecule has 0 bridgehead atoms. The molecule has 112 valence electrons. The van der Waals surface area contributed by atoms with Crippen molar-refractivity contribution in [2.45, 2.75) is 5.38 Å². The summed E-state index contributed by atoms with van der Waals surface area (Å²) in [7, 11) is 2.74. The van der Waals surface area contributed by atoms with E-state index in [1.165, 1.54) is 32.4 Å². The van der Waals surface area contributed by atoms with Crippen molar-refractivity contribution >= 4 is 11.6 Å². The molecule has 21 heavy (non-hydrogen) atoms. The van der Waals surface area contributed by atoms with Crippen LogP contribution < -0.4 is 9.47 Å². The van der Waals surface area contributed by atoms with E-state index in [9.17, 15) is 13.2 Å². The molecule has 2 aromatic rings. The smallest absolute Gasteiger partial charge is 0.163 e. The number of ether oxygens (including phenoxy) is 2. The standard InChI is InChI=1S/C15H12ClF3O2/c1-20-12-6-9(11(18)7-13(12)21-2)14(16)8-4-3-5-10(17)15(8)19/h3-7,14H,1-2H3. The Morgan fingerprint density at radius 2 is 1.52 bits per heavy atom. The zero-order chi connectivity index (χ0) is 15.6. The van der Waals surface area contributed by atoms with Crippen molar-refractivity contribution in [1.29, 1.82) is 0 Å². The second-order valence-electron chi connectivity index (χ2n) is 4.23. The normalized spacial score (nSPS) is 12.1. The van der Waals surface area contributed by atoms with E-state index in [4.69, 9.17) is 21.1 Å². The minimum Gasteiger partial charge on any atom is -0.493 e. The largest absolute Gasteiger partial charge is 0.493 e. The van der Waals surface area contributed by atoms with Gasteiger partial charge in [-0.2, -0.15) is 0 Å². The highest BCUT2D eigenvalue weighted by atomic mass is 35.5. The first kappa shape index (κ1) is 15.5. The van der Waals surface area contributed by atoms with Gasteiger partial charge in [0.1, 0.15) is 5.82 Å². The van der Waals surface area contributed by atoms with Crippen LogP contribution in [0.4, 0.5) is 13.2 Å². The van der Waals surface area contributed by atoms with Crippen molar-refractivity contribution < 1.29 is 22.6 Å². The molecule has 0 aliphatic carbocycles. The molecule has 0 aliphatic heterocycles. The molecule has 2 nitrogen and oxygen atoms in total. The molecule has 1 atom stereocenters. The van der Waals surface area contributed by atoms with Gasteiger partial charge in [0.2, 0.25) is 0 Å². The van der Waals surface area contributed by atoms with Crippen molar-refractivity contribution in [2.24, 2.45) is 0 Å². The van der Waals surface area contributed by atoms with Gasteiger partial charge in [0, 0.05) is 17.2 Å². The van der Waals surface area contributed by atoms with Crippen molar-refractivity contribution in [3.8, 4) is 11.5 Å². The molecule has 6 heteroatoms. The number of methoxy groups -OCH3 is 2. The molecular formula is C15H12ClF3O2. The zero-order valence-corrected chi connectivity index (χ0v) is 12.0. The first-order valence-electron chi connectivity index (χ1n) is 5.99. The van der Waals surface area contributed by atoms with Crippen molar-refractivity contribution in [3.05, 3.63) is 58.9 Å². The zero-order valence-electron chi connectivity index (χ0n) is 11.3. The molecule has 0 saturated heterocycles. The van der Waals surface area contributed by atoms with Gasteiger partial charge in [0.25, 0.3) is 0 Å². The topological polar surface area (TPSA) is 18.5 Å². The molecule has 0 aromatic heterocycles. The van der Waals surface area contributed by atoms with Crippen LogP contribution in [0.5, 0.6) is 11.5 Å². The van der Waals surface area contributed by atoms with Crippen LogP contribution in [-0.4, -0.2) is 14.2 Å². The van der Waals surface area contributed by atoms with E-state index in [1.807, 2.05) is 0 Å². The predicted octanol–water partition coefficient (Wildman–Crippen LogP) is 4.45. The van der Waals surface area contributed by atoms with Crippen LogP contribution in [0.15, 0.2) is 30.3 Å². The summed E-state index contributed by atoms with van der Waals surface area (Å²) in [5, 5.41) is -1.19. The van der Waals surface area contributed by atoms with Gasteiger partial charge in [0.15, 0.2) is 23.1 Å². The van der Waals surface area contributed by atoms with Crippen LogP contribution in [0.1, 0.15) is 16.5 Å². The summed E-state index contributed by atoms with van der Waals surface area (Å²) < 4.78 is 51.1. The Hall–Kier alpha value is -1.88. The first-order chi connectivity index (χ1) is 9.99. The summed E-state index contributed by atoms with van der Waals surface area (Å²) in [5.41, 5.74) is -0.179. The molecule has 0 heterocycles. The average Bonchev–Trinajstić information content (AvgIpc) is 2.49. The molecule has 0 N–H and O–H groups in total. The Bertz CT molecular complexity index is 662. The molecule has 2 aromatic carbocycles. The van der Waals surface area contributed by atoms with Gasteiger partial charge in [-0.15, -0.1) is 11.6 Å². The minimum atomic E-state index is -1.19. The van der Waals surface area contributed by atoms with Crippen molar-refractivity contribution in [2.75, 3.05) is 14.2 Å². The third-order valence-corrected chi connectivity index (χ3v) is 3.50. The maximum absolute atomic E-state index is 14.1. The number of hydrogen-bond acceptors (Lipinski definition) is 2. The molecule has 2 rings (SSSR count). The SMILES string of the molecule is COc1cc(F)c(C(Cl)c2cccc(F)c2F)cc1OC. The summed E-state index contributed by atoms with van der Waals surface area (Å²) in [6.45, 7) is 0. The highest BCUT2D eigenvalue weighted by Crippen LogP contribution is 2.38. The Morgan fingerprint density at radius 3 is 2.14 bits per heavy atom. The maximum atomic E-state index is 14.1. The lowest BCUT2D eigenvalue weighted by Crippen LogP contribution is -2.03. The van der Waals surface area contributed by atoms with E-state index in [0.29, 0.717) is 0 Å². The fraction of sp³-hybridized carbons (Fsp3) is 0.200. The van der Waals surface area contributed by atoms with Gasteiger partial charge in [-0.05, 0) is 12.1 Å². The van der Waals surface area contributed by atoms with E-state index in [1.54, 1.807) is 0 Å². The highest BCUT2D eigenvalue weighted by molar-refractivity contribution is 6.22. The fourth-order valence-electron chi connectivity index (χ4n) is 1.95. The van der Waals surface area contributed by atoms with Crippen LogP contribution in [-0.2, 0) is 0 Å². The van der Waals surface area contributed by atoms with Gasteiger partial charge in [-0.3, -0.25) is 0 Å². The summed E-state index contributed by atoms with van der Waals surface area (Å²) in [4.78, 5) is 0. The second kappa shape index (κ2) is 6.26. The third-order valence-electron chi connectivity index (χ3n) is 3.03. The number of hydrogen-bond donors (Lipinski definition) is 0. The Kier molecular flexibility index (Phi) is 4.63. The third kappa shape index (κ3) is 2.93. The molecule has 0 radical (unpaired) electrons. The van der Waals surface area contributed by atoms with Crippen LogP contribution in [0.3, 0.4) is 0 Å². The Balaban J connectivity index is 2.53. The fourth-order valence-corrected chi connectivity index (χ4v) is 2.28. The quantitative estimate of drug-likeness (QED) is 0.776. The summed E-state index contributed by atoms with van der Waals surface area (Å²) >= 11 is 6.10. The van der Waals surface area contributed by atoms with Crippen LogP contribution in [0.2, 0.25) is 0 Å². The molecule has 0 saturated carbocycles. The van der Waals surface area contributed by atoms with Crippen molar-refractivity contribution in [3.63, 3.8) is 0 Å². The van der Waals surface area contributed by atoms with Gasteiger partial charge in [-0.1, -0.05) is 12.1 Å². The summed E-state index contributed by atoms with van der Waals surface area (Å²) in [5.74, 6) is -2.42. The molecule has 0 spiro atoms. The van der Waals surface area contributed by atoms with E-state index in [2.05, 4.69) is 0 Å². The summed E-state index contributed by atoms with van der Waals surface area (Å²) in [6.07, 6.45) is 0. The molecular weight excluding hydrogens is 305 g/mol. The monoisotopic (exact) mass is 316 g/mol. The Labute approximate surface area is 125 Å². The Morgan fingerprint density at radius 1 is 0.905 bits per heavy atom. The lowest BCUT2D eigenvalue weighted by molar-refractivity contribution is 0.351. The molecule has 0 aliphatic rings. The van der Waals surface area contributed by atoms with Gasteiger partial charge in [0.05, 0.1) is 19.6 Å². The van der Waals surface area contributed by atoms with Crippen LogP contribution >= 0.6 is 11.6 Å². The van der Waals surface area contributed by atoms with Gasteiger partial charge >= 0.3 is 0 Å². The van der Waals surface area contributed by atoms with Crippen molar-refractivity contribution in [1.82, 2.24) is 0 Å². The van der Waals surface area contributed by atoms with E-state index >= 15 is 0 Å². The van der Waals surface area contributed by atoms with Gasteiger partial charge in [-0.25, -0.2) is 13.2 Å². The van der Waals surface area contributed by atoms with Crippen LogP contribution in [0.25, 0.3) is 0 Å². The number of rotatable bonds is 4. The van der Waals surface area contributed by atoms with E-state index < -0.39 is 22.8 Å². The van der Waals surface area contributed by atoms with Crippen LogP contribution in [0, 0.1) is 17.5 Å². The second-order valence-corrected chi connectivity index (χ2v) is 4.67. The average molecular weight is 317 g/mol. The summed E-state index contributed by atoms with van der Waals surface area (Å²) in [6, 6.07) is 5.96. The molecule has 0 fully saturated rings. The minimum absolute atomic E-state index is 0.0289. The lowest BCUT2D eigenvalue weighted by atomic mass is 10.0. The molecule has 1 unspecified atom stereocenters. The highest BCUT2D eigenvalue weighted by Gasteiger charge is 2.23. The lowest BCUT2D eigenvalue weighted by Gasteiger charge is -2.15. The van der Waals surface area contributed by atoms with E-state index in [-0.39, 0.29) is 22.6 Å². The molecule has 0 amide bonds. The predicted molar refractivity (Wildman–Crippen MR) is 73.6 cm³/mol. The van der Waals surface area contributed by atoms with E-state index in [0.717, 1.165) is 12.1 Å². The first-order valence-corrected chi connectivity index (χ1v) is 6.42. The number of halogens is 4. The maximum Gasteiger partial charge on any atom is 0.163 e.